The molecule has 3 aromatic rings. The maximum absolute atomic E-state index is 12.6. The molecule has 8 nitrogen and oxygen atoms in total. The monoisotopic (exact) mass is 463 g/mol. The Morgan fingerprint density at radius 3 is 2.61 bits per heavy atom. The molecule has 0 spiro atoms. The first-order valence-electron chi connectivity index (χ1n) is 9.45. The van der Waals surface area contributed by atoms with E-state index in [0.29, 0.717) is 22.1 Å². The standard InChI is InChI=1S/C21H22ClN3O5S/c1-14-19(15(2)30-25-14)13-29-20-9-4-3-8-18(20)21(26)23-10-11-24-31(27,28)17-7-5-6-16(22)12-17/h3-9,12,24H,10-11,13H2,1-2H3,(H,23,26). The van der Waals surface area contributed by atoms with Crippen molar-refractivity contribution in [1.82, 2.24) is 15.2 Å². The van der Waals surface area contributed by atoms with E-state index in [0.717, 1.165) is 11.3 Å². The lowest BCUT2D eigenvalue weighted by Crippen LogP contribution is -2.34. The molecule has 1 heterocycles. The first-order valence-corrected chi connectivity index (χ1v) is 11.3. The fourth-order valence-electron chi connectivity index (χ4n) is 2.81. The molecule has 0 saturated heterocycles. The second-order valence-corrected chi connectivity index (χ2v) is 8.90. The van der Waals surface area contributed by atoms with Gasteiger partial charge in [0.25, 0.3) is 5.91 Å². The van der Waals surface area contributed by atoms with Crippen LogP contribution >= 0.6 is 11.6 Å². The van der Waals surface area contributed by atoms with Crippen LogP contribution in [0.1, 0.15) is 27.4 Å². The van der Waals surface area contributed by atoms with Crippen molar-refractivity contribution in [2.45, 2.75) is 25.3 Å². The molecule has 3 rings (SSSR count). The Balaban J connectivity index is 1.56. The van der Waals surface area contributed by atoms with Crippen LogP contribution in [-0.4, -0.2) is 32.6 Å². The minimum Gasteiger partial charge on any atom is -0.488 e. The molecule has 1 amide bonds. The van der Waals surface area contributed by atoms with E-state index in [4.69, 9.17) is 20.9 Å². The van der Waals surface area contributed by atoms with Crippen LogP contribution in [0.3, 0.4) is 0 Å². The molecule has 0 aliphatic rings. The molecule has 0 fully saturated rings. The third kappa shape index (κ3) is 5.84. The van der Waals surface area contributed by atoms with Crippen molar-refractivity contribution in [1.29, 1.82) is 0 Å². The zero-order chi connectivity index (χ0) is 22.4. The number of nitrogens with one attached hydrogen (secondary N) is 2. The summed E-state index contributed by atoms with van der Waals surface area (Å²) in [6.45, 7) is 3.93. The Morgan fingerprint density at radius 2 is 1.90 bits per heavy atom. The van der Waals surface area contributed by atoms with Gasteiger partial charge in [0.15, 0.2) is 0 Å². The molecular weight excluding hydrogens is 442 g/mol. The summed E-state index contributed by atoms with van der Waals surface area (Å²) in [6.07, 6.45) is 0. The maximum Gasteiger partial charge on any atom is 0.255 e. The summed E-state index contributed by atoms with van der Waals surface area (Å²) in [5.74, 6) is 0.683. The summed E-state index contributed by atoms with van der Waals surface area (Å²) in [4.78, 5) is 12.6. The zero-order valence-corrected chi connectivity index (χ0v) is 18.6. The van der Waals surface area contributed by atoms with Crippen LogP contribution in [-0.2, 0) is 16.6 Å². The molecule has 2 N–H and O–H groups in total. The van der Waals surface area contributed by atoms with Crippen molar-refractivity contribution in [2.24, 2.45) is 0 Å². The van der Waals surface area contributed by atoms with E-state index >= 15 is 0 Å². The molecule has 0 radical (unpaired) electrons. The van der Waals surface area contributed by atoms with E-state index in [1.807, 2.05) is 6.92 Å². The topological polar surface area (TPSA) is 111 Å². The third-order valence-electron chi connectivity index (χ3n) is 4.49. The number of carbonyl (C=O) groups excluding carboxylic acids is 1. The van der Waals surface area contributed by atoms with Gasteiger partial charge in [0.05, 0.1) is 21.7 Å². The number of ether oxygens (including phenoxy) is 1. The van der Waals surface area contributed by atoms with Crippen LogP contribution < -0.4 is 14.8 Å². The largest absolute Gasteiger partial charge is 0.488 e. The van der Waals surface area contributed by atoms with Gasteiger partial charge in [-0.3, -0.25) is 4.79 Å². The van der Waals surface area contributed by atoms with Crippen LogP contribution in [0.4, 0.5) is 0 Å². The zero-order valence-electron chi connectivity index (χ0n) is 17.0. The Bertz CT molecular complexity index is 1160. The van der Waals surface area contributed by atoms with E-state index in [9.17, 15) is 13.2 Å². The van der Waals surface area contributed by atoms with Crippen molar-refractivity contribution in [3.63, 3.8) is 0 Å². The fourth-order valence-corrected chi connectivity index (χ4v) is 4.14. The Morgan fingerprint density at radius 1 is 1.13 bits per heavy atom. The van der Waals surface area contributed by atoms with Gasteiger partial charge in [-0.2, -0.15) is 0 Å². The van der Waals surface area contributed by atoms with Gasteiger partial charge in [0, 0.05) is 18.1 Å². The lowest BCUT2D eigenvalue weighted by Gasteiger charge is -2.12. The molecule has 1 aromatic heterocycles. The molecule has 0 bridgehead atoms. The van der Waals surface area contributed by atoms with Crippen LogP contribution in [0, 0.1) is 13.8 Å². The van der Waals surface area contributed by atoms with Gasteiger partial charge in [0.1, 0.15) is 18.1 Å². The highest BCUT2D eigenvalue weighted by Gasteiger charge is 2.16. The number of rotatable bonds is 9. The predicted octanol–water partition coefficient (Wildman–Crippen LogP) is 3.23. The number of aromatic nitrogens is 1. The fraction of sp³-hybridized carbons (Fsp3) is 0.238. The summed E-state index contributed by atoms with van der Waals surface area (Å²) in [5.41, 5.74) is 1.89. The van der Waals surface area contributed by atoms with Crippen molar-refractivity contribution in [3.8, 4) is 5.75 Å². The Hall–Kier alpha value is -2.88. The van der Waals surface area contributed by atoms with E-state index in [2.05, 4.69) is 15.2 Å². The lowest BCUT2D eigenvalue weighted by molar-refractivity contribution is 0.0950. The highest BCUT2D eigenvalue weighted by atomic mass is 35.5. The number of para-hydroxylation sites is 1. The van der Waals surface area contributed by atoms with Crippen LogP contribution in [0.15, 0.2) is 57.9 Å². The minimum atomic E-state index is -3.72. The van der Waals surface area contributed by atoms with Gasteiger partial charge in [-0.15, -0.1) is 0 Å². The molecule has 0 unspecified atom stereocenters. The first-order chi connectivity index (χ1) is 14.8. The number of hydrogen-bond acceptors (Lipinski definition) is 6. The molecule has 0 atom stereocenters. The number of carbonyl (C=O) groups is 1. The van der Waals surface area contributed by atoms with Crippen LogP contribution in [0.25, 0.3) is 0 Å². The highest BCUT2D eigenvalue weighted by molar-refractivity contribution is 7.89. The van der Waals surface area contributed by atoms with E-state index in [-0.39, 0.29) is 30.5 Å². The van der Waals surface area contributed by atoms with E-state index in [1.165, 1.54) is 12.1 Å². The number of hydrogen-bond donors (Lipinski definition) is 2. The summed E-state index contributed by atoms with van der Waals surface area (Å²) in [5, 5.41) is 6.90. The van der Waals surface area contributed by atoms with Gasteiger partial charge >= 0.3 is 0 Å². The number of amides is 1. The van der Waals surface area contributed by atoms with Gasteiger partial charge in [-0.25, -0.2) is 13.1 Å². The average molecular weight is 464 g/mol. The van der Waals surface area contributed by atoms with Crippen LogP contribution in [0.2, 0.25) is 5.02 Å². The summed E-state index contributed by atoms with van der Waals surface area (Å²) in [6, 6.07) is 12.7. The second kappa shape index (κ2) is 9.95. The maximum atomic E-state index is 12.6. The van der Waals surface area contributed by atoms with Crippen molar-refractivity contribution in [2.75, 3.05) is 13.1 Å². The SMILES string of the molecule is Cc1noc(C)c1COc1ccccc1C(=O)NCCNS(=O)(=O)c1cccc(Cl)c1. The summed E-state index contributed by atoms with van der Waals surface area (Å²) >= 11 is 5.84. The van der Waals surface area contributed by atoms with E-state index < -0.39 is 10.0 Å². The summed E-state index contributed by atoms with van der Waals surface area (Å²) in [7, 11) is -3.72. The minimum absolute atomic E-state index is 0.0166. The predicted molar refractivity (Wildman–Crippen MR) is 116 cm³/mol. The Labute approximate surface area is 185 Å². The van der Waals surface area contributed by atoms with Gasteiger partial charge in [-0.1, -0.05) is 35.0 Å². The lowest BCUT2D eigenvalue weighted by atomic mass is 10.2. The normalized spacial score (nSPS) is 11.3. The first kappa shape index (κ1) is 22.8. The van der Waals surface area contributed by atoms with Crippen molar-refractivity contribution in [3.05, 3.63) is 76.1 Å². The van der Waals surface area contributed by atoms with E-state index in [1.54, 1.807) is 43.3 Å². The van der Waals surface area contributed by atoms with Gasteiger partial charge < -0.3 is 14.6 Å². The highest BCUT2D eigenvalue weighted by Crippen LogP contribution is 2.21. The molecular formula is C21H22ClN3O5S. The number of nitrogens with zero attached hydrogens (tertiary/aromatic N) is 1. The van der Waals surface area contributed by atoms with Crippen molar-refractivity contribution < 1.29 is 22.5 Å². The molecule has 0 aliphatic heterocycles. The van der Waals surface area contributed by atoms with Crippen LogP contribution in [0.5, 0.6) is 5.75 Å². The second-order valence-electron chi connectivity index (χ2n) is 6.70. The molecule has 31 heavy (non-hydrogen) atoms. The average Bonchev–Trinajstić information content (AvgIpc) is 3.07. The smallest absolute Gasteiger partial charge is 0.255 e. The number of benzene rings is 2. The number of halogens is 1. The van der Waals surface area contributed by atoms with Gasteiger partial charge in [-0.05, 0) is 44.2 Å². The number of sulfonamides is 1. The molecule has 0 saturated carbocycles. The molecule has 10 heteroatoms. The van der Waals surface area contributed by atoms with Gasteiger partial charge in [0.2, 0.25) is 10.0 Å². The molecule has 164 valence electrons. The quantitative estimate of drug-likeness (QED) is 0.471. The third-order valence-corrected chi connectivity index (χ3v) is 6.19. The number of aryl methyl sites for hydroxylation is 2. The van der Waals surface area contributed by atoms with Crippen molar-refractivity contribution >= 4 is 27.5 Å². The molecule has 2 aromatic carbocycles. The molecule has 0 aliphatic carbocycles. The Kier molecular flexibility index (Phi) is 7.32. The summed E-state index contributed by atoms with van der Waals surface area (Å²) < 4.78 is 37.9.